The molecule has 2 rings (SSSR count). The lowest BCUT2D eigenvalue weighted by Crippen LogP contribution is -2.40. The van der Waals surface area contributed by atoms with E-state index in [2.05, 4.69) is 8.37 Å². The van der Waals surface area contributed by atoms with Gasteiger partial charge in [0, 0.05) is 0 Å². The monoisotopic (exact) mass is 610 g/mol. The molecule has 0 aliphatic rings. The molecule has 0 aromatic heterocycles. The van der Waals surface area contributed by atoms with Crippen molar-refractivity contribution in [2.24, 2.45) is 0 Å². The first-order chi connectivity index (χ1) is 16.4. The highest BCUT2D eigenvalue weighted by atomic mass is 32.2. The highest BCUT2D eigenvalue weighted by Gasteiger charge is 2.50. The molecule has 2 aromatic carbocycles. The Kier molecular flexibility index (Phi) is 8.21. The van der Waals surface area contributed by atoms with Crippen molar-refractivity contribution in [1.82, 2.24) is 0 Å². The summed E-state index contributed by atoms with van der Waals surface area (Å²) in [5.74, 6) is -0.861. The molecule has 0 aliphatic carbocycles. The Hall–Kier alpha value is -2.25. The predicted molar refractivity (Wildman–Crippen MR) is 130 cm³/mol. The molecular weight excluding hydrogens is 587 g/mol. The molecule has 0 aliphatic heterocycles. The maximum Gasteiger partial charge on any atom is 0.534 e. The van der Waals surface area contributed by atoms with Gasteiger partial charge in [0.05, 0.1) is 16.1 Å². The van der Waals surface area contributed by atoms with Gasteiger partial charge in [-0.05, 0) is 46.8 Å². The lowest BCUT2D eigenvalue weighted by Gasteiger charge is -2.23. The summed E-state index contributed by atoms with van der Waals surface area (Å²) in [5.41, 5.74) is -11.3. The van der Waals surface area contributed by atoms with E-state index in [1.165, 1.54) is 12.1 Å². The smallest absolute Gasteiger partial charge is 0.457 e. The lowest BCUT2D eigenvalue weighted by atomic mass is 10.3. The Morgan fingerprint density at radius 2 is 0.892 bits per heavy atom. The largest absolute Gasteiger partial charge is 0.534 e. The summed E-state index contributed by atoms with van der Waals surface area (Å²) in [6.45, 7) is 10.4. The van der Waals surface area contributed by atoms with Crippen LogP contribution in [0.15, 0.2) is 36.4 Å². The van der Waals surface area contributed by atoms with Crippen LogP contribution in [0.3, 0.4) is 0 Å². The molecule has 0 saturated heterocycles. The van der Waals surface area contributed by atoms with Crippen molar-refractivity contribution in [2.75, 3.05) is 0 Å². The van der Waals surface area contributed by atoms with Gasteiger partial charge in [-0.1, -0.05) is 39.3 Å². The van der Waals surface area contributed by atoms with E-state index >= 15 is 0 Å². The molecule has 0 unspecified atom stereocenters. The molecule has 7 nitrogen and oxygen atoms in total. The fraction of sp³-hybridized carbons (Fsp3) is 0.400. The topological polar surface area (TPSA) is 96.0 Å². The molecule has 0 N–H and O–H groups in total. The number of ether oxygens (including phenoxy) is 1. The predicted octanol–water partition coefficient (Wildman–Crippen LogP) is 5.03. The van der Waals surface area contributed by atoms with Gasteiger partial charge in [0.25, 0.3) is 0 Å². The second-order valence-corrected chi connectivity index (χ2v) is 23.0. The van der Waals surface area contributed by atoms with Gasteiger partial charge >= 0.3 is 31.3 Å². The molecule has 0 fully saturated rings. The van der Waals surface area contributed by atoms with Gasteiger partial charge in [-0.3, -0.25) is 0 Å². The van der Waals surface area contributed by atoms with E-state index in [4.69, 9.17) is 4.74 Å². The fourth-order valence-electron chi connectivity index (χ4n) is 2.93. The van der Waals surface area contributed by atoms with Crippen molar-refractivity contribution in [3.63, 3.8) is 0 Å². The zero-order valence-corrected chi connectivity index (χ0v) is 24.0. The molecule has 0 heterocycles. The van der Waals surface area contributed by atoms with E-state index in [-0.39, 0.29) is 21.9 Å². The Morgan fingerprint density at radius 3 is 1.14 bits per heavy atom. The Balaban J connectivity index is 2.52. The van der Waals surface area contributed by atoms with Crippen LogP contribution >= 0.6 is 0 Å². The van der Waals surface area contributed by atoms with Crippen molar-refractivity contribution in [1.29, 1.82) is 0 Å². The molecule has 37 heavy (non-hydrogen) atoms. The van der Waals surface area contributed by atoms with Crippen molar-refractivity contribution < 1.29 is 56.3 Å². The first-order valence-electron chi connectivity index (χ1n) is 10.3. The molecule has 2 aromatic rings. The number of benzene rings is 2. The van der Waals surface area contributed by atoms with E-state index in [9.17, 15) is 43.2 Å². The van der Waals surface area contributed by atoms with Gasteiger partial charge in [-0.15, -0.1) is 0 Å². The highest BCUT2D eigenvalue weighted by molar-refractivity contribution is 7.88. The molecule has 0 radical (unpaired) electrons. The quantitative estimate of drug-likeness (QED) is 0.179. The summed E-state index contributed by atoms with van der Waals surface area (Å²) in [6.07, 6.45) is 0. The number of hydrogen-bond acceptors (Lipinski definition) is 7. The van der Waals surface area contributed by atoms with Crippen LogP contribution in [0.5, 0.6) is 23.0 Å². The van der Waals surface area contributed by atoms with Crippen LogP contribution in [0.2, 0.25) is 39.3 Å². The molecule has 0 atom stereocenters. The molecule has 208 valence electrons. The Labute approximate surface area is 212 Å². The van der Waals surface area contributed by atoms with Crippen molar-refractivity contribution in [2.45, 2.75) is 50.3 Å². The number of rotatable bonds is 8. The molecule has 0 saturated carbocycles. The van der Waals surface area contributed by atoms with Gasteiger partial charge in [0.1, 0.15) is 23.0 Å². The minimum Gasteiger partial charge on any atom is -0.457 e. The van der Waals surface area contributed by atoms with Gasteiger partial charge in [-0.2, -0.15) is 43.2 Å². The highest BCUT2D eigenvalue weighted by Crippen LogP contribution is 2.32. The standard InChI is InChI=1S/C20H24F6O7S2Si2/c1-36(2,3)17-11-13(7-9-15(17)32-34(27,28)19(21,22)23)31-14-8-10-16(18(12-14)37(4,5)6)33-35(29,30)20(24,25)26/h7-12H,1-6H3. The zero-order chi connectivity index (χ0) is 28.8. The Morgan fingerprint density at radius 1 is 0.595 bits per heavy atom. The maximum absolute atomic E-state index is 12.8. The first-order valence-corrected chi connectivity index (χ1v) is 20.2. The van der Waals surface area contributed by atoms with Crippen molar-refractivity contribution >= 4 is 46.8 Å². The fourth-order valence-corrected chi connectivity index (χ4v) is 6.93. The van der Waals surface area contributed by atoms with Crippen LogP contribution in [0.4, 0.5) is 26.3 Å². The van der Waals surface area contributed by atoms with Crippen LogP contribution in [0.25, 0.3) is 0 Å². The minimum atomic E-state index is -5.91. The third-order valence-electron chi connectivity index (χ3n) is 4.72. The van der Waals surface area contributed by atoms with Crippen LogP contribution in [-0.4, -0.2) is 44.0 Å². The number of halogens is 6. The normalized spacial score (nSPS) is 13.8. The van der Waals surface area contributed by atoms with E-state index < -0.39 is 58.9 Å². The summed E-state index contributed by atoms with van der Waals surface area (Å²) in [6, 6.07) is 6.99. The summed E-state index contributed by atoms with van der Waals surface area (Å²) < 4.78 is 137. The summed E-state index contributed by atoms with van der Waals surface area (Å²) in [5, 5.41) is 0.388. The van der Waals surface area contributed by atoms with Crippen molar-refractivity contribution in [3.8, 4) is 23.0 Å². The van der Waals surface area contributed by atoms with Gasteiger partial charge in [-0.25, -0.2) is 0 Å². The molecule has 17 heteroatoms. The average Bonchev–Trinajstić information content (AvgIpc) is 2.66. The molecular formula is C20H24F6O7S2Si2. The summed E-state index contributed by atoms with van der Waals surface area (Å²) in [7, 11) is -16.8. The van der Waals surface area contributed by atoms with E-state index in [0.717, 1.165) is 24.3 Å². The van der Waals surface area contributed by atoms with Crippen LogP contribution < -0.4 is 23.5 Å². The molecule has 0 bridgehead atoms. The summed E-state index contributed by atoms with van der Waals surface area (Å²) >= 11 is 0. The SMILES string of the molecule is C[Si](C)(C)c1cc(Oc2ccc(OS(=O)(=O)C(F)(F)F)c([Si](C)(C)C)c2)ccc1OS(=O)(=O)C(F)(F)F. The summed E-state index contributed by atoms with van der Waals surface area (Å²) in [4.78, 5) is 0. The third-order valence-corrected chi connectivity index (χ3v) is 10.7. The second kappa shape index (κ2) is 9.81. The third kappa shape index (κ3) is 7.41. The zero-order valence-electron chi connectivity index (χ0n) is 20.4. The van der Waals surface area contributed by atoms with Crippen LogP contribution in [0, 0.1) is 0 Å². The van der Waals surface area contributed by atoms with E-state index in [1.54, 1.807) is 39.3 Å². The van der Waals surface area contributed by atoms with Crippen LogP contribution in [-0.2, 0) is 20.2 Å². The van der Waals surface area contributed by atoms with E-state index in [0.29, 0.717) is 0 Å². The minimum absolute atomic E-state index is 0.0762. The lowest BCUT2D eigenvalue weighted by molar-refractivity contribution is -0.0504. The van der Waals surface area contributed by atoms with Gasteiger partial charge in [0.2, 0.25) is 0 Å². The van der Waals surface area contributed by atoms with Crippen LogP contribution in [0.1, 0.15) is 0 Å². The Bertz CT molecular complexity index is 1270. The second-order valence-electron chi connectivity index (χ2n) is 9.88. The maximum atomic E-state index is 12.8. The average molecular weight is 611 g/mol. The van der Waals surface area contributed by atoms with Gasteiger partial charge < -0.3 is 13.1 Å². The number of alkyl halides is 6. The molecule has 0 amide bonds. The molecule has 0 spiro atoms. The number of hydrogen-bond donors (Lipinski definition) is 0. The van der Waals surface area contributed by atoms with E-state index in [1.807, 2.05) is 0 Å². The van der Waals surface area contributed by atoms with Gasteiger partial charge in [0.15, 0.2) is 0 Å². The first kappa shape index (κ1) is 31.0. The van der Waals surface area contributed by atoms with Crippen molar-refractivity contribution in [3.05, 3.63) is 36.4 Å².